The second kappa shape index (κ2) is 9.43. The van der Waals surface area contributed by atoms with E-state index in [1.165, 1.54) is 28.4 Å². The van der Waals surface area contributed by atoms with Crippen LogP contribution < -0.4 is 0 Å². The third kappa shape index (κ3) is 7.91. The van der Waals surface area contributed by atoms with Gasteiger partial charge in [-0.05, 0) is 37.0 Å². The summed E-state index contributed by atoms with van der Waals surface area (Å²) in [5, 5.41) is 0. The summed E-state index contributed by atoms with van der Waals surface area (Å²) in [6, 6.07) is 10.5. The first kappa shape index (κ1) is 19.3. The molecule has 0 heterocycles. The fourth-order valence-corrected chi connectivity index (χ4v) is 2.21. The van der Waals surface area contributed by atoms with Gasteiger partial charge in [0.05, 0.1) is 6.61 Å². The second-order valence-corrected chi connectivity index (χ2v) is 6.40. The van der Waals surface area contributed by atoms with Crippen molar-refractivity contribution in [3.8, 4) is 0 Å². The zero-order chi connectivity index (χ0) is 17.3. The number of rotatable bonds is 4. The van der Waals surface area contributed by atoms with E-state index in [0.29, 0.717) is 0 Å². The molecule has 0 unspecified atom stereocenters. The first-order valence-corrected chi connectivity index (χ1v) is 8.77. The number of hydrogen-bond donors (Lipinski definition) is 2. The quantitative estimate of drug-likeness (QED) is 0.621. The number of phosphoric acid groups is 1. The highest BCUT2D eigenvalue weighted by atomic mass is 31.2. The average Bonchev–Trinajstić information content (AvgIpc) is 2.54. The van der Waals surface area contributed by atoms with Gasteiger partial charge in [0, 0.05) is 0 Å². The van der Waals surface area contributed by atoms with Gasteiger partial charge in [0.1, 0.15) is 0 Å². The lowest BCUT2D eigenvalue weighted by molar-refractivity contribution is 0.216. The summed E-state index contributed by atoms with van der Waals surface area (Å²) < 4.78 is 13.7. The van der Waals surface area contributed by atoms with Crippen molar-refractivity contribution >= 4 is 13.4 Å². The fraction of sp³-hybridized carbons (Fsp3) is 0.222. The Morgan fingerprint density at radius 3 is 2.30 bits per heavy atom. The van der Waals surface area contributed by atoms with Crippen LogP contribution in [-0.2, 0) is 9.09 Å². The molecule has 1 aliphatic carbocycles. The predicted octanol–water partition coefficient (Wildman–Crippen LogP) is 4.65. The molecule has 1 aromatic rings. The predicted molar refractivity (Wildman–Crippen MR) is 94.7 cm³/mol. The minimum Gasteiger partial charge on any atom is -0.303 e. The molecule has 0 radical (unpaired) electrons. The van der Waals surface area contributed by atoms with Crippen molar-refractivity contribution in [2.24, 2.45) is 0 Å². The minimum atomic E-state index is -4.25. The van der Waals surface area contributed by atoms with Gasteiger partial charge in [-0.1, -0.05) is 60.2 Å². The van der Waals surface area contributed by atoms with E-state index in [1.807, 2.05) is 0 Å². The molecule has 1 aromatic carbocycles. The smallest absolute Gasteiger partial charge is 0.303 e. The van der Waals surface area contributed by atoms with E-state index >= 15 is 0 Å². The van der Waals surface area contributed by atoms with Crippen molar-refractivity contribution in [1.29, 1.82) is 0 Å². The van der Waals surface area contributed by atoms with Gasteiger partial charge in [0.2, 0.25) is 0 Å². The highest BCUT2D eigenvalue weighted by Crippen LogP contribution is 2.35. The van der Waals surface area contributed by atoms with Crippen LogP contribution in [0.15, 0.2) is 72.4 Å². The average molecular weight is 334 g/mol. The van der Waals surface area contributed by atoms with Crippen molar-refractivity contribution < 1.29 is 18.9 Å². The Morgan fingerprint density at radius 1 is 1.26 bits per heavy atom. The Hall–Kier alpha value is -1.71. The number of phosphoric ester groups is 1. The topological polar surface area (TPSA) is 66.8 Å². The second-order valence-electron chi connectivity index (χ2n) is 5.16. The third-order valence-electron chi connectivity index (χ3n) is 3.12. The van der Waals surface area contributed by atoms with E-state index in [9.17, 15) is 4.57 Å². The molecular formula is C18H23O4P. The molecule has 0 saturated heterocycles. The van der Waals surface area contributed by atoms with Crippen LogP contribution in [0, 0.1) is 0 Å². The van der Waals surface area contributed by atoms with Gasteiger partial charge in [-0.3, -0.25) is 4.52 Å². The molecule has 0 saturated carbocycles. The standard InChI is InChI=1S/C15H16.C3H7O4P/c1-12(2)13-8-10-15(11-9-13)14-6-4-3-5-7-14;1-2-3-7-8(4,5)6/h3-8,10-11H,9H2,1-2H3;2H,1,3H2,(H2,4,5,6). The van der Waals surface area contributed by atoms with Crippen molar-refractivity contribution in [1.82, 2.24) is 0 Å². The summed E-state index contributed by atoms with van der Waals surface area (Å²) in [6.45, 7) is 7.41. The van der Waals surface area contributed by atoms with Gasteiger partial charge >= 0.3 is 7.82 Å². The van der Waals surface area contributed by atoms with Gasteiger partial charge in [-0.25, -0.2) is 4.57 Å². The van der Waals surface area contributed by atoms with Crippen molar-refractivity contribution in [3.05, 3.63) is 77.9 Å². The maximum Gasteiger partial charge on any atom is 0.469 e. The molecule has 0 atom stereocenters. The summed E-state index contributed by atoms with van der Waals surface area (Å²) in [5.74, 6) is 0. The van der Waals surface area contributed by atoms with Crippen LogP contribution in [-0.4, -0.2) is 16.4 Å². The lowest BCUT2D eigenvalue weighted by atomic mass is 9.95. The Morgan fingerprint density at radius 2 is 1.91 bits per heavy atom. The first-order valence-electron chi connectivity index (χ1n) is 7.24. The van der Waals surface area contributed by atoms with E-state index in [1.54, 1.807) is 0 Å². The van der Waals surface area contributed by atoms with Gasteiger partial charge in [-0.15, -0.1) is 6.58 Å². The minimum absolute atomic E-state index is 0.121. The van der Waals surface area contributed by atoms with Crippen molar-refractivity contribution in [3.63, 3.8) is 0 Å². The molecule has 1 aliphatic rings. The largest absolute Gasteiger partial charge is 0.469 e. The van der Waals surface area contributed by atoms with Crippen molar-refractivity contribution in [2.75, 3.05) is 6.61 Å². The summed E-state index contributed by atoms with van der Waals surface area (Å²) in [5.41, 5.74) is 5.49. The maximum absolute atomic E-state index is 9.81. The highest BCUT2D eigenvalue weighted by molar-refractivity contribution is 7.46. The Bertz CT molecular complexity index is 647. The summed E-state index contributed by atoms with van der Waals surface area (Å²) >= 11 is 0. The maximum atomic E-state index is 9.81. The van der Waals surface area contributed by atoms with Crippen LogP contribution in [0.1, 0.15) is 25.8 Å². The zero-order valence-electron chi connectivity index (χ0n) is 13.5. The molecule has 0 bridgehead atoms. The lowest BCUT2D eigenvalue weighted by Crippen LogP contribution is -1.89. The molecule has 0 aliphatic heterocycles. The summed E-state index contributed by atoms with van der Waals surface area (Å²) in [6.07, 6.45) is 9.07. The SMILES string of the molecule is C=CCOP(=O)(O)O.CC(C)=C1C=CC(c2ccccc2)=CC1. The van der Waals surface area contributed by atoms with E-state index in [-0.39, 0.29) is 6.61 Å². The molecule has 124 valence electrons. The molecule has 0 aromatic heterocycles. The van der Waals surface area contributed by atoms with Crippen LogP contribution >= 0.6 is 7.82 Å². The number of benzene rings is 1. The third-order valence-corrected chi connectivity index (χ3v) is 3.60. The highest BCUT2D eigenvalue weighted by Gasteiger charge is 2.10. The molecule has 0 spiro atoms. The van der Waals surface area contributed by atoms with E-state index in [4.69, 9.17) is 9.79 Å². The lowest BCUT2D eigenvalue weighted by Gasteiger charge is -2.10. The Labute approximate surface area is 137 Å². The van der Waals surface area contributed by atoms with Gasteiger partial charge in [-0.2, -0.15) is 0 Å². The Balaban J connectivity index is 0.000000284. The summed E-state index contributed by atoms with van der Waals surface area (Å²) in [4.78, 5) is 16.0. The Kier molecular flexibility index (Phi) is 7.93. The van der Waals surface area contributed by atoms with Crippen LogP contribution in [0.2, 0.25) is 0 Å². The molecule has 0 amide bonds. The van der Waals surface area contributed by atoms with Crippen LogP contribution in [0.4, 0.5) is 0 Å². The number of allylic oxidation sites excluding steroid dienone is 6. The van der Waals surface area contributed by atoms with E-state index in [2.05, 4.69) is 73.5 Å². The van der Waals surface area contributed by atoms with E-state index < -0.39 is 7.82 Å². The zero-order valence-corrected chi connectivity index (χ0v) is 14.4. The molecular weight excluding hydrogens is 311 g/mol. The normalized spacial score (nSPS) is 13.7. The molecule has 2 N–H and O–H groups in total. The van der Waals surface area contributed by atoms with Gasteiger partial charge in [0.25, 0.3) is 0 Å². The van der Waals surface area contributed by atoms with Crippen LogP contribution in [0.3, 0.4) is 0 Å². The van der Waals surface area contributed by atoms with Gasteiger partial charge < -0.3 is 9.79 Å². The fourth-order valence-electron chi connectivity index (χ4n) is 1.91. The molecule has 5 heteroatoms. The van der Waals surface area contributed by atoms with Crippen LogP contribution in [0.25, 0.3) is 5.57 Å². The number of hydrogen-bond acceptors (Lipinski definition) is 2. The van der Waals surface area contributed by atoms with Crippen LogP contribution in [0.5, 0.6) is 0 Å². The van der Waals surface area contributed by atoms with Gasteiger partial charge in [0.15, 0.2) is 0 Å². The monoisotopic (exact) mass is 334 g/mol. The molecule has 2 rings (SSSR count). The van der Waals surface area contributed by atoms with E-state index in [0.717, 1.165) is 6.42 Å². The summed E-state index contributed by atoms with van der Waals surface area (Å²) in [7, 11) is -4.25. The molecule has 0 fully saturated rings. The molecule has 4 nitrogen and oxygen atoms in total. The molecule has 23 heavy (non-hydrogen) atoms. The van der Waals surface area contributed by atoms with Crippen molar-refractivity contribution in [2.45, 2.75) is 20.3 Å². The first-order chi connectivity index (χ1) is 10.8.